The molecule has 0 aromatic heterocycles. The van der Waals surface area contributed by atoms with Gasteiger partial charge in [-0.25, -0.2) is 9.18 Å². The number of carboxylic acids is 1. The number of rotatable bonds is 2. The minimum absolute atomic E-state index is 0.0419. The molecule has 5 heteroatoms. The zero-order valence-electron chi connectivity index (χ0n) is 9.72. The molecule has 0 amide bonds. The number of ether oxygens (including phenoxy) is 2. The van der Waals surface area contributed by atoms with Gasteiger partial charge in [-0.1, -0.05) is 6.07 Å². The van der Waals surface area contributed by atoms with Crippen LogP contribution in [-0.2, 0) is 0 Å². The summed E-state index contributed by atoms with van der Waals surface area (Å²) in [6, 6.07) is 8.56. The van der Waals surface area contributed by atoms with Gasteiger partial charge in [0.15, 0.2) is 11.5 Å². The van der Waals surface area contributed by atoms with Crippen LogP contribution in [0.2, 0.25) is 0 Å². The maximum atomic E-state index is 13.3. The number of carboxylic acid groups (broad SMARTS) is 1. The number of hydrogen-bond donors (Lipinski definition) is 1. The van der Waals surface area contributed by atoms with E-state index in [4.69, 9.17) is 14.6 Å². The maximum Gasteiger partial charge on any atom is 0.336 e. The second kappa shape index (κ2) is 4.28. The first-order valence-electron chi connectivity index (χ1n) is 5.58. The molecular weight excluding hydrogens is 251 g/mol. The molecule has 0 saturated carbocycles. The van der Waals surface area contributed by atoms with E-state index in [2.05, 4.69) is 0 Å². The van der Waals surface area contributed by atoms with Crippen molar-refractivity contribution >= 4 is 5.97 Å². The number of fused-ring (bicyclic) bond motifs is 1. The summed E-state index contributed by atoms with van der Waals surface area (Å²) in [7, 11) is 0. The van der Waals surface area contributed by atoms with Gasteiger partial charge in [-0.3, -0.25) is 0 Å². The molecular formula is C14H9FO4. The summed E-state index contributed by atoms with van der Waals surface area (Å²) in [4.78, 5) is 11.2. The largest absolute Gasteiger partial charge is 0.478 e. The van der Waals surface area contributed by atoms with E-state index < -0.39 is 11.8 Å². The molecule has 0 unspecified atom stereocenters. The third-order valence-electron chi connectivity index (χ3n) is 2.90. The fourth-order valence-corrected chi connectivity index (χ4v) is 2.01. The number of hydrogen-bond acceptors (Lipinski definition) is 3. The van der Waals surface area contributed by atoms with E-state index in [1.807, 2.05) is 0 Å². The molecule has 4 nitrogen and oxygen atoms in total. The lowest BCUT2D eigenvalue weighted by Crippen LogP contribution is -2.00. The van der Waals surface area contributed by atoms with Crippen LogP contribution in [0.15, 0.2) is 36.4 Å². The number of aromatic carboxylic acids is 1. The summed E-state index contributed by atoms with van der Waals surface area (Å²) in [6.07, 6.45) is 0. The predicted octanol–water partition coefficient (Wildman–Crippen LogP) is 2.92. The van der Waals surface area contributed by atoms with Gasteiger partial charge in [-0.15, -0.1) is 0 Å². The highest BCUT2D eigenvalue weighted by Crippen LogP contribution is 2.37. The Kier molecular flexibility index (Phi) is 2.59. The summed E-state index contributed by atoms with van der Waals surface area (Å²) >= 11 is 0. The Labute approximate surface area is 108 Å². The number of benzene rings is 2. The average Bonchev–Trinajstić information content (AvgIpc) is 2.85. The van der Waals surface area contributed by atoms with Crippen LogP contribution < -0.4 is 9.47 Å². The SMILES string of the molecule is O=C(O)c1ccc(F)cc1-c1ccc2c(c1)OCO2. The molecule has 0 radical (unpaired) electrons. The van der Waals surface area contributed by atoms with Crippen molar-refractivity contribution < 1.29 is 23.8 Å². The van der Waals surface area contributed by atoms with Crippen molar-refractivity contribution in [2.75, 3.05) is 6.79 Å². The molecule has 0 bridgehead atoms. The van der Waals surface area contributed by atoms with Crippen molar-refractivity contribution in [1.29, 1.82) is 0 Å². The van der Waals surface area contributed by atoms with Crippen LogP contribution in [0.3, 0.4) is 0 Å². The van der Waals surface area contributed by atoms with Crippen molar-refractivity contribution in [3.63, 3.8) is 0 Å². The summed E-state index contributed by atoms with van der Waals surface area (Å²) < 4.78 is 23.7. The van der Waals surface area contributed by atoms with E-state index in [1.54, 1.807) is 18.2 Å². The first-order chi connectivity index (χ1) is 9.15. The molecule has 1 heterocycles. The molecule has 1 aliphatic rings. The summed E-state index contributed by atoms with van der Waals surface area (Å²) in [5.41, 5.74) is 0.923. The smallest absolute Gasteiger partial charge is 0.336 e. The Bertz CT molecular complexity index is 666. The van der Waals surface area contributed by atoms with E-state index in [0.29, 0.717) is 22.6 Å². The standard InChI is InChI=1S/C14H9FO4/c15-9-2-3-10(14(16)17)11(6-9)8-1-4-12-13(5-8)19-7-18-12/h1-6H,7H2,(H,16,17). The summed E-state index contributed by atoms with van der Waals surface area (Å²) in [5.74, 6) is -0.472. The van der Waals surface area contributed by atoms with Gasteiger partial charge in [0.2, 0.25) is 6.79 Å². The van der Waals surface area contributed by atoms with Crippen LogP contribution in [0.4, 0.5) is 4.39 Å². The van der Waals surface area contributed by atoms with Gasteiger partial charge < -0.3 is 14.6 Å². The third-order valence-corrected chi connectivity index (χ3v) is 2.90. The summed E-state index contributed by atoms with van der Waals surface area (Å²) in [5, 5.41) is 9.13. The molecule has 0 fully saturated rings. The normalized spacial score (nSPS) is 12.5. The van der Waals surface area contributed by atoms with E-state index >= 15 is 0 Å². The van der Waals surface area contributed by atoms with Crippen molar-refractivity contribution in [3.05, 3.63) is 47.8 Å². The molecule has 19 heavy (non-hydrogen) atoms. The minimum Gasteiger partial charge on any atom is -0.478 e. The van der Waals surface area contributed by atoms with Crippen LogP contribution in [0.1, 0.15) is 10.4 Å². The molecule has 1 N–H and O–H groups in total. The zero-order chi connectivity index (χ0) is 13.4. The lowest BCUT2D eigenvalue weighted by Gasteiger charge is -2.07. The molecule has 3 rings (SSSR count). The highest BCUT2D eigenvalue weighted by Gasteiger charge is 2.17. The summed E-state index contributed by atoms with van der Waals surface area (Å²) in [6.45, 7) is 0.133. The highest BCUT2D eigenvalue weighted by molar-refractivity contribution is 5.96. The monoisotopic (exact) mass is 260 g/mol. The second-order valence-electron chi connectivity index (χ2n) is 4.06. The lowest BCUT2D eigenvalue weighted by atomic mass is 9.99. The van der Waals surface area contributed by atoms with Crippen molar-refractivity contribution in [1.82, 2.24) is 0 Å². The van der Waals surface area contributed by atoms with Gasteiger partial charge in [0.1, 0.15) is 5.82 Å². The Morgan fingerprint density at radius 1 is 1.11 bits per heavy atom. The molecule has 96 valence electrons. The quantitative estimate of drug-likeness (QED) is 0.902. The molecule has 0 saturated heterocycles. The predicted molar refractivity (Wildman–Crippen MR) is 64.9 cm³/mol. The van der Waals surface area contributed by atoms with Gasteiger partial charge in [0.05, 0.1) is 5.56 Å². The lowest BCUT2D eigenvalue weighted by molar-refractivity contribution is 0.0697. The topological polar surface area (TPSA) is 55.8 Å². The number of carbonyl (C=O) groups is 1. The van der Waals surface area contributed by atoms with Crippen LogP contribution in [0, 0.1) is 5.82 Å². The fourth-order valence-electron chi connectivity index (χ4n) is 2.01. The van der Waals surface area contributed by atoms with Gasteiger partial charge >= 0.3 is 5.97 Å². The molecule has 0 spiro atoms. The molecule has 1 aliphatic heterocycles. The minimum atomic E-state index is -1.10. The van der Waals surface area contributed by atoms with Crippen molar-refractivity contribution in [2.45, 2.75) is 0 Å². The average molecular weight is 260 g/mol. The van der Waals surface area contributed by atoms with Gasteiger partial charge in [-0.05, 0) is 41.5 Å². The maximum absolute atomic E-state index is 13.3. The van der Waals surface area contributed by atoms with Crippen molar-refractivity contribution in [2.24, 2.45) is 0 Å². The van der Waals surface area contributed by atoms with E-state index in [9.17, 15) is 9.18 Å². The Morgan fingerprint density at radius 3 is 2.68 bits per heavy atom. The van der Waals surface area contributed by atoms with Crippen LogP contribution in [-0.4, -0.2) is 17.9 Å². The highest BCUT2D eigenvalue weighted by atomic mass is 19.1. The Hall–Kier alpha value is -2.56. The first-order valence-corrected chi connectivity index (χ1v) is 5.58. The van der Waals surface area contributed by atoms with Gasteiger partial charge in [0.25, 0.3) is 0 Å². The fraction of sp³-hybridized carbons (Fsp3) is 0.0714. The van der Waals surface area contributed by atoms with Crippen LogP contribution in [0.5, 0.6) is 11.5 Å². The van der Waals surface area contributed by atoms with E-state index in [0.717, 1.165) is 6.07 Å². The van der Waals surface area contributed by atoms with Crippen LogP contribution >= 0.6 is 0 Å². The first kappa shape index (κ1) is 11.5. The molecule has 2 aromatic rings. The van der Waals surface area contributed by atoms with Crippen LogP contribution in [0.25, 0.3) is 11.1 Å². The molecule has 0 atom stereocenters. The number of halogens is 1. The second-order valence-corrected chi connectivity index (χ2v) is 4.06. The van der Waals surface area contributed by atoms with E-state index in [1.165, 1.54) is 12.1 Å². The van der Waals surface area contributed by atoms with Gasteiger partial charge in [-0.2, -0.15) is 0 Å². The Morgan fingerprint density at radius 2 is 1.89 bits per heavy atom. The molecule has 2 aromatic carbocycles. The molecule has 0 aliphatic carbocycles. The van der Waals surface area contributed by atoms with Crippen molar-refractivity contribution in [3.8, 4) is 22.6 Å². The Balaban J connectivity index is 2.16. The zero-order valence-corrected chi connectivity index (χ0v) is 9.72. The third kappa shape index (κ3) is 1.99. The van der Waals surface area contributed by atoms with Gasteiger partial charge in [0, 0.05) is 0 Å². The van der Waals surface area contributed by atoms with E-state index in [-0.39, 0.29) is 12.4 Å².